The van der Waals surface area contributed by atoms with Gasteiger partial charge in [-0.3, -0.25) is 0 Å². The van der Waals surface area contributed by atoms with Crippen molar-refractivity contribution in [2.24, 2.45) is 0 Å². The second-order valence-corrected chi connectivity index (χ2v) is 4.49. The Morgan fingerprint density at radius 3 is 3.12 bits per heavy atom. The molecule has 1 aromatic heterocycles. The summed E-state index contributed by atoms with van der Waals surface area (Å²) in [5.74, 6) is 0.910. The van der Waals surface area contributed by atoms with Crippen molar-refractivity contribution < 1.29 is 4.74 Å². The van der Waals surface area contributed by atoms with Crippen molar-refractivity contribution in [3.63, 3.8) is 0 Å². The SMILES string of the molecule is CCCNCc1nnnn1C1CCCC1OC. The van der Waals surface area contributed by atoms with Crippen LogP contribution in [0.4, 0.5) is 0 Å². The highest BCUT2D eigenvalue weighted by atomic mass is 16.5. The summed E-state index contributed by atoms with van der Waals surface area (Å²) in [6.07, 6.45) is 4.76. The molecule has 0 spiro atoms. The van der Waals surface area contributed by atoms with E-state index in [1.54, 1.807) is 7.11 Å². The van der Waals surface area contributed by atoms with Gasteiger partial charge in [-0.25, -0.2) is 4.68 Å². The van der Waals surface area contributed by atoms with Gasteiger partial charge in [-0.2, -0.15) is 0 Å². The average molecular weight is 239 g/mol. The van der Waals surface area contributed by atoms with Crippen molar-refractivity contribution in [3.8, 4) is 0 Å². The Labute approximate surface area is 102 Å². The summed E-state index contributed by atoms with van der Waals surface area (Å²) in [6.45, 7) is 3.87. The van der Waals surface area contributed by atoms with Gasteiger partial charge in [0.2, 0.25) is 0 Å². The van der Waals surface area contributed by atoms with E-state index in [0.717, 1.165) is 38.2 Å². The molecule has 96 valence electrons. The van der Waals surface area contributed by atoms with Gasteiger partial charge in [0, 0.05) is 7.11 Å². The zero-order valence-corrected chi connectivity index (χ0v) is 10.6. The molecule has 0 aromatic carbocycles. The Morgan fingerprint density at radius 1 is 1.47 bits per heavy atom. The monoisotopic (exact) mass is 239 g/mol. The van der Waals surface area contributed by atoms with Gasteiger partial charge in [0.15, 0.2) is 5.82 Å². The zero-order chi connectivity index (χ0) is 12.1. The third-order valence-corrected chi connectivity index (χ3v) is 3.31. The third-order valence-electron chi connectivity index (χ3n) is 3.31. The standard InChI is InChI=1S/C11H21N5O/c1-3-7-12-8-11-13-14-15-16(11)9-5-4-6-10(9)17-2/h9-10,12H,3-8H2,1-2H3. The second kappa shape index (κ2) is 6.07. The van der Waals surface area contributed by atoms with Gasteiger partial charge in [0.1, 0.15) is 0 Å². The maximum Gasteiger partial charge on any atom is 0.165 e. The van der Waals surface area contributed by atoms with E-state index < -0.39 is 0 Å². The highest BCUT2D eigenvalue weighted by molar-refractivity contribution is 4.90. The molecule has 2 atom stereocenters. The zero-order valence-electron chi connectivity index (χ0n) is 10.6. The van der Waals surface area contributed by atoms with Crippen LogP contribution in [0, 0.1) is 0 Å². The first-order valence-electron chi connectivity index (χ1n) is 6.37. The van der Waals surface area contributed by atoms with E-state index in [-0.39, 0.29) is 6.10 Å². The number of ether oxygens (including phenoxy) is 1. The molecule has 1 saturated carbocycles. The fraction of sp³-hybridized carbons (Fsp3) is 0.909. The number of nitrogens with one attached hydrogen (secondary N) is 1. The number of nitrogens with zero attached hydrogens (tertiary/aromatic N) is 4. The van der Waals surface area contributed by atoms with Crippen LogP contribution in [-0.4, -0.2) is 40.0 Å². The van der Waals surface area contributed by atoms with Crippen molar-refractivity contribution >= 4 is 0 Å². The van der Waals surface area contributed by atoms with Crippen molar-refractivity contribution in [2.45, 2.75) is 51.3 Å². The molecule has 0 amide bonds. The molecule has 0 aliphatic heterocycles. The largest absolute Gasteiger partial charge is 0.379 e. The molecule has 1 aromatic rings. The van der Waals surface area contributed by atoms with Crippen LogP contribution in [0.15, 0.2) is 0 Å². The Hall–Kier alpha value is -1.01. The maximum atomic E-state index is 5.49. The number of rotatable bonds is 6. The van der Waals surface area contributed by atoms with E-state index in [0.29, 0.717) is 6.04 Å². The molecular weight excluding hydrogens is 218 g/mol. The molecular formula is C11H21N5O. The van der Waals surface area contributed by atoms with Gasteiger partial charge in [-0.1, -0.05) is 6.92 Å². The molecule has 1 fully saturated rings. The average Bonchev–Trinajstić information content (AvgIpc) is 2.96. The first kappa shape index (κ1) is 12.4. The number of methoxy groups -OCH3 is 1. The van der Waals surface area contributed by atoms with Gasteiger partial charge in [0.05, 0.1) is 18.7 Å². The highest BCUT2D eigenvalue weighted by Gasteiger charge is 2.31. The van der Waals surface area contributed by atoms with Crippen LogP contribution in [0.25, 0.3) is 0 Å². The quantitative estimate of drug-likeness (QED) is 0.748. The Morgan fingerprint density at radius 2 is 2.35 bits per heavy atom. The molecule has 1 N–H and O–H groups in total. The van der Waals surface area contributed by atoms with Crippen LogP contribution < -0.4 is 5.32 Å². The molecule has 1 aliphatic rings. The third kappa shape index (κ3) is 2.81. The van der Waals surface area contributed by atoms with Crippen molar-refractivity contribution in [1.82, 2.24) is 25.5 Å². The predicted molar refractivity (Wildman–Crippen MR) is 63.5 cm³/mol. The van der Waals surface area contributed by atoms with Crippen molar-refractivity contribution in [3.05, 3.63) is 5.82 Å². The summed E-state index contributed by atoms with van der Waals surface area (Å²) < 4.78 is 7.43. The maximum absolute atomic E-state index is 5.49. The van der Waals surface area contributed by atoms with Crippen LogP contribution in [0.1, 0.15) is 44.5 Å². The fourth-order valence-corrected chi connectivity index (χ4v) is 2.42. The van der Waals surface area contributed by atoms with Gasteiger partial charge in [0.25, 0.3) is 0 Å². The first-order chi connectivity index (χ1) is 8.36. The van der Waals surface area contributed by atoms with E-state index in [9.17, 15) is 0 Å². The number of hydrogen-bond donors (Lipinski definition) is 1. The van der Waals surface area contributed by atoms with E-state index in [1.165, 1.54) is 6.42 Å². The molecule has 2 unspecified atom stereocenters. The van der Waals surface area contributed by atoms with Gasteiger partial charge in [-0.15, -0.1) is 5.10 Å². The minimum Gasteiger partial charge on any atom is -0.379 e. The van der Waals surface area contributed by atoms with E-state index >= 15 is 0 Å². The van der Waals surface area contributed by atoms with Crippen LogP contribution in [0.3, 0.4) is 0 Å². The molecule has 0 radical (unpaired) electrons. The summed E-state index contributed by atoms with van der Waals surface area (Å²) in [7, 11) is 1.77. The lowest BCUT2D eigenvalue weighted by molar-refractivity contribution is 0.0690. The Kier molecular flexibility index (Phi) is 4.44. The summed E-state index contributed by atoms with van der Waals surface area (Å²) in [4.78, 5) is 0. The van der Waals surface area contributed by atoms with Crippen LogP contribution >= 0.6 is 0 Å². The van der Waals surface area contributed by atoms with Crippen molar-refractivity contribution in [1.29, 1.82) is 0 Å². The number of hydrogen-bond acceptors (Lipinski definition) is 5. The highest BCUT2D eigenvalue weighted by Crippen LogP contribution is 2.31. The summed E-state index contributed by atoms with van der Waals surface area (Å²) in [6, 6.07) is 0.299. The molecule has 1 aliphatic carbocycles. The minimum absolute atomic E-state index is 0.253. The fourth-order valence-electron chi connectivity index (χ4n) is 2.42. The molecule has 17 heavy (non-hydrogen) atoms. The molecule has 0 bridgehead atoms. The van der Waals surface area contributed by atoms with E-state index in [4.69, 9.17) is 4.74 Å². The molecule has 0 saturated heterocycles. The number of tetrazole rings is 1. The first-order valence-corrected chi connectivity index (χ1v) is 6.37. The Balaban J connectivity index is 2.02. The minimum atomic E-state index is 0.253. The normalized spacial score (nSPS) is 24.4. The molecule has 6 heteroatoms. The Bertz CT molecular complexity index is 340. The topological polar surface area (TPSA) is 64.9 Å². The lowest BCUT2D eigenvalue weighted by atomic mass is 10.2. The lowest BCUT2D eigenvalue weighted by Crippen LogP contribution is -2.26. The summed E-state index contributed by atoms with van der Waals surface area (Å²) >= 11 is 0. The summed E-state index contributed by atoms with van der Waals surface area (Å²) in [5, 5.41) is 15.3. The lowest BCUT2D eigenvalue weighted by Gasteiger charge is -2.19. The van der Waals surface area contributed by atoms with Gasteiger partial charge >= 0.3 is 0 Å². The van der Waals surface area contributed by atoms with Crippen LogP contribution in [-0.2, 0) is 11.3 Å². The number of aromatic nitrogens is 4. The van der Waals surface area contributed by atoms with Gasteiger partial charge in [-0.05, 0) is 42.7 Å². The molecule has 1 heterocycles. The molecule has 6 nitrogen and oxygen atoms in total. The van der Waals surface area contributed by atoms with E-state index in [1.807, 2.05) is 4.68 Å². The van der Waals surface area contributed by atoms with Gasteiger partial charge < -0.3 is 10.1 Å². The smallest absolute Gasteiger partial charge is 0.165 e. The molecule has 2 rings (SSSR count). The van der Waals surface area contributed by atoms with E-state index in [2.05, 4.69) is 27.8 Å². The van der Waals surface area contributed by atoms with Crippen molar-refractivity contribution in [2.75, 3.05) is 13.7 Å². The summed E-state index contributed by atoms with van der Waals surface area (Å²) in [5.41, 5.74) is 0. The second-order valence-electron chi connectivity index (χ2n) is 4.49. The van der Waals surface area contributed by atoms with Crippen LogP contribution in [0.2, 0.25) is 0 Å². The van der Waals surface area contributed by atoms with Crippen LogP contribution in [0.5, 0.6) is 0 Å². The predicted octanol–water partition coefficient (Wildman–Crippen LogP) is 0.913.